The Morgan fingerprint density at radius 1 is 1.13 bits per heavy atom. The highest BCUT2D eigenvalue weighted by atomic mass is 16.3. The fraction of sp³-hybridized carbons (Fsp3) is 0.923. The molecule has 0 saturated heterocycles. The van der Waals surface area contributed by atoms with Gasteiger partial charge in [0.15, 0.2) is 0 Å². The third-order valence-electron chi connectivity index (χ3n) is 4.42. The van der Waals surface area contributed by atoms with Crippen molar-refractivity contribution in [3.63, 3.8) is 0 Å². The molecular formula is C13H21NO. The van der Waals surface area contributed by atoms with Crippen molar-refractivity contribution in [2.75, 3.05) is 6.61 Å². The molecule has 15 heavy (non-hydrogen) atoms. The number of aliphatic hydroxyl groups is 1. The number of hydrogen-bond acceptors (Lipinski definition) is 2. The third kappa shape index (κ3) is 2.03. The molecule has 2 rings (SSSR count). The Bertz CT molecular complexity index is 242. The van der Waals surface area contributed by atoms with Gasteiger partial charge in [0, 0.05) is 6.61 Å². The molecule has 1 N–H and O–H groups in total. The van der Waals surface area contributed by atoms with E-state index in [2.05, 4.69) is 6.07 Å². The van der Waals surface area contributed by atoms with Crippen LogP contribution in [0.4, 0.5) is 0 Å². The fourth-order valence-corrected chi connectivity index (χ4v) is 3.45. The van der Waals surface area contributed by atoms with Gasteiger partial charge in [-0.05, 0) is 37.5 Å². The van der Waals surface area contributed by atoms with Crippen LogP contribution >= 0.6 is 0 Å². The Morgan fingerprint density at radius 2 is 1.73 bits per heavy atom. The fourth-order valence-electron chi connectivity index (χ4n) is 3.45. The molecule has 0 radical (unpaired) electrons. The lowest BCUT2D eigenvalue weighted by molar-refractivity contribution is 0.00810. The zero-order chi connectivity index (χ0) is 10.7. The molecular weight excluding hydrogens is 186 g/mol. The summed E-state index contributed by atoms with van der Waals surface area (Å²) in [5.74, 6) is 1.03. The van der Waals surface area contributed by atoms with Crippen LogP contribution in [0.1, 0.15) is 51.4 Å². The highest BCUT2D eigenvalue weighted by Crippen LogP contribution is 2.53. The van der Waals surface area contributed by atoms with E-state index in [9.17, 15) is 5.26 Å². The number of nitrogens with zero attached hydrogens (tertiary/aromatic N) is 1. The van der Waals surface area contributed by atoms with Crippen LogP contribution in [-0.4, -0.2) is 11.7 Å². The van der Waals surface area contributed by atoms with Crippen molar-refractivity contribution in [3.05, 3.63) is 0 Å². The highest BCUT2D eigenvalue weighted by Gasteiger charge is 2.49. The van der Waals surface area contributed by atoms with Gasteiger partial charge in [-0.15, -0.1) is 0 Å². The number of aliphatic hydroxyl groups excluding tert-OH is 1. The van der Waals surface area contributed by atoms with Crippen molar-refractivity contribution >= 4 is 0 Å². The molecule has 0 aromatic rings. The second kappa shape index (κ2) is 4.53. The van der Waals surface area contributed by atoms with E-state index >= 15 is 0 Å². The molecule has 0 spiro atoms. The maximum absolute atomic E-state index is 9.36. The van der Waals surface area contributed by atoms with Crippen molar-refractivity contribution in [2.45, 2.75) is 51.4 Å². The molecule has 2 saturated carbocycles. The molecule has 0 heterocycles. The topological polar surface area (TPSA) is 44.0 Å². The minimum absolute atomic E-state index is 0.0578. The van der Waals surface area contributed by atoms with E-state index in [1.165, 1.54) is 38.5 Å². The van der Waals surface area contributed by atoms with Gasteiger partial charge >= 0.3 is 0 Å². The van der Waals surface area contributed by atoms with Crippen molar-refractivity contribution < 1.29 is 5.11 Å². The van der Waals surface area contributed by atoms with Crippen molar-refractivity contribution in [1.29, 1.82) is 5.26 Å². The van der Waals surface area contributed by atoms with Crippen LogP contribution in [0.2, 0.25) is 0 Å². The first-order chi connectivity index (χ1) is 7.30. The molecule has 0 bridgehead atoms. The van der Waals surface area contributed by atoms with E-state index in [0.29, 0.717) is 11.8 Å². The standard InChI is InChI=1S/C13H21NO/c14-10-13(7-11(8-13)9-15)12-5-3-1-2-4-6-12/h11-12,15H,1-9H2. The van der Waals surface area contributed by atoms with Crippen LogP contribution in [0.3, 0.4) is 0 Å². The summed E-state index contributed by atoms with van der Waals surface area (Å²) in [6.07, 6.45) is 9.69. The summed E-state index contributed by atoms with van der Waals surface area (Å²) in [6.45, 7) is 0.274. The minimum Gasteiger partial charge on any atom is -0.396 e. The zero-order valence-electron chi connectivity index (χ0n) is 9.41. The first-order valence-corrected chi connectivity index (χ1v) is 6.33. The van der Waals surface area contributed by atoms with Gasteiger partial charge in [-0.25, -0.2) is 0 Å². The molecule has 0 unspecified atom stereocenters. The smallest absolute Gasteiger partial charge is 0.0692 e. The molecule has 2 aliphatic carbocycles. The van der Waals surface area contributed by atoms with E-state index < -0.39 is 0 Å². The molecule has 2 aliphatic rings. The number of rotatable bonds is 2. The van der Waals surface area contributed by atoms with Gasteiger partial charge in [-0.2, -0.15) is 5.26 Å². The highest BCUT2D eigenvalue weighted by molar-refractivity contribution is 5.11. The molecule has 0 atom stereocenters. The molecule has 84 valence electrons. The number of hydrogen-bond donors (Lipinski definition) is 1. The lowest BCUT2D eigenvalue weighted by Crippen LogP contribution is -2.43. The maximum Gasteiger partial charge on any atom is 0.0692 e. The summed E-state index contributed by atoms with van der Waals surface area (Å²) in [7, 11) is 0. The molecule has 0 aliphatic heterocycles. The van der Waals surface area contributed by atoms with E-state index in [-0.39, 0.29) is 12.0 Å². The van der Waals surface area contributed by atoms with Crippen LogP contribution in [0.15, 0.2) is 0 Å². The Hall–Kier alpha value is -0.550. The van der Waals surface area contributed by atoms with Crippen LogP contribution in [0, 0.1) is 28.6 Å². The van der Waals surface area contributed by atoms with Gasteiger partial charge in [-0.1, -0.05) is 25.7 Å². The lowest BCUT2D eigenvalue weighted by Gasteiger charge is -2.47. The first kappa shape index (κ1) is 11.0. The minimum atomic E-state index is -0.0578. The van der Waals surface area contributed by atoms with E-state index in [0.717, 1.165) is 12.8 Å². The second-order valence-corrected chi connectivity index (χ2v) is 5.41. The second-order valence-electron chi connectivity index (χ2n) is 5.41. The SMILES string of the molecule is N#CC1(C2CCCCCC2)CC(CO)C1. The zero-order valence-corrected chi connectivity index (χ0v) is 9.41. The summed E-state index contributed by atoms with van der Waals surface area (Å²) in [6, 6.07) is 2.57. The van der Waals surface area contributed by atoms with Gasteiger partial charge in [-0.3, -0.25) is 0 Å². The lowest BCUT2D eigenvalue weighted by atomic mass is 9.55. The van der Waals surface area contributed by atoms with Crippen molar-refractivity contribution in [3.8, 4) is 6.07 Å². The van der Waals surface area contributed by atoms with Gasteiger partial charge in [0.25, 0.3) is 0 Å². The molecule has 2 heteroatoms. The van der Waals surface area contributed by atoms with Gasteiger partial charge in [0.2, 0.25) is 0 Å². The monoisotopic (exact) mass is 207 g/mol. The Balaban J connectivity index is 1.98. The maximum atomic E-state index is 9.36. The first-order valence-electron chi connectivity index (χ1n) is 6.33. The summed E-state index contributed by atoms with van der Waals surface area (Å²) >= 11 is 0. The van der Waals surface area contributed by atoms with Gasteiger partial charge in [0.05, 0.1) is 11.5 Å². The quantitative estimate of drug-likeness (QED) is 0.708. The summed E-state index contributed by atoms with van der Waals surface area (Å²) in [5, 5.41) is 18.4. The summed E-state index contributed by atoms with van der Waals surface area (Å²) in [4.78, 5) is 0. The predicted molar refractivity (Wildman–Crippen MR) is 59.0 cm³/mol. The van der Waals surface area contributed by atoms with Crippen LogP contribution in [-0.2, 0) is 0 Å². The molecule has 0 aromatic carbocycles. The van der Waals surface area contributed by atoms with E-state index in [4.69, 9.17) is 5.11 Å². The van der Waals surface area contributed by atoms with Crippen molar-refractivity contribution in [2.24, 2.45) is 17.3 Å². The summed E-state index contributed by atoms with van der Waals surface area (Å²) in [5.41, 5.74) is -0.0578. The molecule has 0 aromatic heterocycles. The average Bonchev–Trinajstić information content (AvgIpc) is 2.47. The summed E-state index contributed by atoms with van der Waals surface area (Å²) < 4.78 is 0. The third-order valence-corrected chi connectivity index (χ3v) is 4.42. The van der Waals surface area contributed by atoms with Gasteiger partial charge in [0.1, 0.15) is 0 Å². The number of nitriles is 1. The van der Waals surface area contributed by atoms with Crippen LogP contribution < -0.4 is 0 Å². The van der Waals surface area contributed by atoms with Crippen molar-refractivity contribution in [1.82, 2.24) is 0 Å². The molecule has 2 fully saturated rings. The molecule has 0 amide bonds. The Kier molecular flexibility index (Phi) is 3.31. The Morgan fingerprint density at radius 3 is 2.20 bits per heavy atom. The molecule has 2 nitrogen and oxygen atoms in total. The average molecular weight is 207 g/mol. The van der Waals surface area contributed by atoms with Gasteiger partial charge < -0.3 is 5.11 Å². The predicted octanol–water partition coefficient (Wildman–Crippen LogP) is 2.87. The van der Waals surface area contributed by atoms with E-state index in [1.54, 1.807) is 0 Å². The Labute approximate surface area is 92.3 Å². The normalized spacial score (nSPS) is 37.7. The van der Waals surface area contributed by atoms with Crippen LogP contribution in [0.5, 0.6) is 0 Å². The van der Waals surface area contributed by atoms with E-state index in [1.807, 2.05) is 0 Å². The van der Waals surface area contributed by atoms with Crippen LogP contribution in [0.25, 0.3) is 0 Å². The largest absolute Gasteiger partial charge is 0.396 e.